The Morgan fingerprint density at radius 3 is 2.76 bits per heavy atom. The molecule has 2 heterocycles. The Bertz CT molecular complexity index is 1360. The van der Waals surface area contributed by atoms with Crippen LogP contribution in [0.1, 0.15) is 29.4 Å². The Labute approximate surface area is 199 Å². The summed E-state index contributed by atoms with van der Waals surface area (Å²) >= 11 is 0.919. The van der Waals surface area contributed by atoms with Gasteiger partial charge in [0.25, 0.3) is 5.91 Å². The maximum absolute atomic E-state index is 15.0. The number of carbonyl (C=O) groups excluding carboxylic acids is 1. The molecule has 1 aromatic heterocycles. The first-order chi connectivity index (χ1) is 15.9. The largest absolute Gasteiger partial charge is 0.479 e. The molecule has 1 aliphatic heterocycles. The second-order valence-corrected chi connectivity index (χ2v) is 12.1. The number of hydrogen-bond donors (Lipinski definition) is 2. The van der Waals surface area contributed by atoms with Gasteiger partial charge in [0.15, 0.2) is 26.6 Å². The van der Waals surface area contributed by atoms with Crippen molar-refractivity contribution in [3.8, 4) is 18.1 Å². The van der Waals surface area contributed by atoms with Crippen LogP contribution in [-0.2, 0) is 15.4 Å². The molecule has 0 bridgehead atoms. The Morgan fingerprint density at radius 2 is 2.15 bits per heavy atom. The van der Waals surface area contributed by atoms with Gasteiger partial charge in [-0.25, -0.2) is 22.2 Å². The molecule has 3 N–H and O–H groups in total. The molecule has 8 nitrogen and oxygen atoms in total. The zero-order valence-corrected chi connectivity index (χ0v) is 19.8. The van der Waals surface area contributed by atoms with E-state index in [1.165, 1.54) is 31.3 Å². The Morgan fingerprint density at radius 1 is 1.41 bits per heavy atom. The molecule has 34 heavy (non-hydrogen) atoms. The van der Waals surface area contributed by atoms with E-state index in [0.29, 0.717) is 5.75 Å². The summed E-state index contributed by atoms with van der Waals surface area (Å²) in [5, 5.41) is 2.45. The number of rotatable bonds is 6. The van der Waals surface area contributed by atoms with Crippen molar-refractivity contribution >= 4 is 38.4 Å². The van der Waals surface area contributed by atoms with Crippen LogP contribution in [-0.4, -0.2) is 41.4 Å². The average molecular weight is 507 g/mol. The normalized spacial score (nSPS) is 25.5. The van der Waals surface area contributed by atoms with Crippen LogP contribution in [0.2, 0.25) is 0 Å². The minimum Gasteiger partial charge on any atom is -0.479 e. The van der Waals surface area contributed by atoms with Gasteiger partial charge >= 0.3 is 0 Å². The van der Waals surface area contributed by atoms with Gasteiger partial charge < -0.3 is 15.8 Å². The highest BCUT2D eigenvalue weighted by molar-refractivity contribution is 8.24. The van der Waals surface area contributed by atoms with Gasteiger partial charge in [-0.15, -0.1) is 6.42 Å². The van der Waals surface area contributed by atoms with E-state index in [4.69, 9.17) is 16.9 Å². The van der Waals surface area contributed by atoms with Crippen LogP contribution in [0.4, 0.5) is 14.5 Å². The van der Waals surface area contributed by atoms with Gasteiger partial charge in [0.2, 0.25) is 0 Å². The summed E-state index contributed by atoms with van der Waals surface area (Å²) in [5.41, 5.74) is 4.21. The second kappa shape index (κ2) is 8.25. The van der Waals surface area contributed by atoms with Crippen molar-refractivity contribution in [2.75, 3.05) is 18.2 Å². The SMILES string of the molecule is C#CCOc1ccc(C(=O)Nc2cc(F)c(F)c([C@@]3(C)N=C(N)S[C@@]4(S(C)(=O)=O)CC43)c2)nc1. The summed E-state index contributed by atoms with van der Waals surface area (Å²) in [6, 6.07) is 4.94. The molecule has 12 heteroatoms. The fourth-order valence-electron chi connectivity index (χ4n) is 4.16. The summed E-state index contributed by atoms with van der Waals surface area (Å²) in [7, 11) is -3.57. The molecule has 0 radical (unpaired) electrons. The van der Waals surface area contributed by atoms with E-state index in [9.17, 15) is 22.0 Å². The number of nitrogens with zero attached hydrogens (tertiary/aromatic N) is 2. The number of pyridine rings is 1. The predicted octanol–water partition coefficient (Wildman–Crippen LogP) is 2.66. The number of nitrogens with two attached hydrogens (primary N) is 1. The van der Waals surface area contributed by atoms with Crippen molar-refractivity contribution in [1.29, 1.82) is 0 Å². The van der Waals surface area contributed by atoms with Crippen molar-refractivity contribution in [3.63, 3.8) is 0 Å². The fourth-order valence-corrected chi connectivity index (χ4v) is 7.44. The molecule has 1 saturated carbocycles. The highest BCUT2D eigenvalue weighted by Gasteiger charge is 2.72. The molecule has 1 amide bonds. The summed E-state index contributed by atoms with van der Waals surface area (Å²) in [4.78, 5) is 20.9. The van der Waals surface area contributed by atoms with Gasteiger partial charge in [0, 0.05) is 29.5 Å². The number of sulfone groups is 1. The maximum Gasteiger partial charge on any atom is 0.274 e. The summed E-state index contributed by atoms with van der Waals surface area (Å²) in [6.07, 6.45) is 7.70. The molecule has 178 valence electrons. The molecule has 2 aromatic rings. The Kier molecular flexibility index (Phi) is 5.81. The lowest BCUT2D eigenvalue weighted by molar-refractivity contribution is 0.102. The number of nitrogens with one attached hydrogen (secondary N) is 1. The third kappa shape index (κ3) is 3.99. The molecule has 4 rings (SSSR count). The van der Waals surface area contributed by atoms with Crippen molar-refractivity contribution in [3.05, 3.63) is 53.4 Å². The first kappa shape index (κ1) is 24.0. The standard InChI is InChI=1S/C22H20F2N4O4S2/c1-4-7-32-13-5-6-16(26-11-13)19(29)27-12-8-14(18(24)15(23)9-12)21(2)17-10-22(17,34(3,30)31)33-20(25)28-21/h1,5-6,8-9,11,17H,7,10H2,2-3H3,(H2,25,28)(H,27,29)/t17?,21-,22-/m1/s1. The maximum atomic E-state index is 15.0. The highest BCUT2D eigenvalue weighted by Crippen LogP contribution is 2.68. The number of amidine groups is 1. The topological polar surface area (TPSA) is 124 Å². The van der Waals surface area contributed by atoms with E-state index < -0.39 is 42.9 Å². The van der Waals surface area contributed by atoms with Crippen LogP contribution in [0.5, 0.6) is 5.75 Å². The van der Waals surface area contributed by atoms with E-state index in [2.05, 4.69) is 21.2 Å². The third-order valence-corrected chi connectivity index (χ3v) is 9.87. The van der Waals surface area contributed by atoms with Crippen molar-refractivity contribution < 1.29 is 26.7 Å². The van der Waals surface area contributed by atoms with Gasteiger partial charge in [0.05, 0.1) is 11.7 Å². The molecule has 1 aliphatic carbocycles. The summed E-state index contributed by atoms with van der Waals surface area (Å²) in [6.45, 7) is 1.55. The highest BCUT2D eigenvalue weighted by atomic mass is 32.3. The van der Waals surface area contributed by atoms with E-state index in [1.807, 2.05) is 0 Å². The minimum atomic E-state index is -3.57. The van der Waals surface area contributed by atoms with Crippen LogP contribution in [0.15, 0.2) is 35.5 Å². The van der Waals surface area contributed by atoms with Gasteiger partial charge in [-0.05, 0) is 31.5 Å². The lowest BCUT2D eigenvalue weighted by atomic mass is 9.86. The first-order valence-electron chi connectivity index (χ1n) is 9.98. The smallest absolute Gasteiger partial charge is 0.274 e. The number of thioether (sulfide) groups is 1. The average Bonchev–Trinajstić information content (AvgIpc) is 3.52. The summed E-state index contributed by atoms with van der Waals surface area (Å²) in [5.74, 6) is -1.04. The number of terminal acetylenes is 1. The van der Waals surface area contributed by atoms with E-state index >= 15 is 0 Å². The van der Waals surface area contributed by atoms with Crippen LogP contribution in [0.3, 0.4) is 0 Å². The minimum absolute atomic E-state index is 0.000158. The molecule has 0 spiro atoms. The monoisotopic (exact) mass is 506 g/mol. The van der Waals surface area contributed by atoms with Gasteiger partial charge in [-0.2, -0.15) is 0 Å². The van der Waals surface area contributed by atoms with Crippen molar-refractivity contribution in [1.82, 2.24) is 4.98 Å². The van der Waals surface area contributed by atoms with Gasteiger partial charge in [-0.3, -0.25) is 9.79 Å². The van der Waals surface area contributed by atoms with E-state index in [1.54, 1.807) is 0 Å². The molecular weight excluding hydrogens is 486 g/mol. The fraction of sp³-hybridized carbons (Fsp3) is 0.318. The van der Waals surface area contributed by atoms with Crippen molar-refractivity contribution in [2.45, 2.75) is 23.0 Å². The molecule has 1 fully saturated rings. The zero-order chi connectivity index (χ0) is 24.9. The molecule has 2 aliphatic rings. The number of halogens is 2. The second-order valence-electron chi connectivity index (χ2n) is 8.19. The number of anilines is 1. The number of carbonyl (C=O) groups is 1. The molecule has 1 unspecified atom stereocenters. The van der Waals surface area contributed by atoms with Crippen LogP contribution in [0, 0.1) is 29.9 Å². The number of aromatic nitrogens is 1. The number of amides is 1. The lowest BCUT2D eigenvalue weighted by Gasteiger charge is -2.33. The number of hydrogen-bond acceptors (Lipinski definition) is 8. The molecule has 3 atom stereocenters. The van der Waals surface area contributed by atoms with Crippen LogP contribution in [0.25, 0.3) is 0 Å². The molecular formula is C22H20F2N4O4S2. The summed E-state index contributed by atoms with van der Waals surface area (Å²) < 4.78 is 58.4. The number of aliphatic imine (C=N–C) groups is 1. The van der Waals surface area contributed by atoms with Crippen LogP contribution < -0.4 is 15.8 Å². The number of ether oxygens (including phenoxy) is 1. The Hall–Kier alpha value is -3.17. The van der Waals surface area contributed by atoms with Gasteiger partial charge in [-0.1, -0.05) is 17.7 Å². The lowest BCUT2D eigenvalue weighted by Crippen LogP contribution is -2.39. The zero-order valence-electron chi connectivity index (χ0n) is 18.1. The van der Waals surface area contributed by atoms with Gasteiger partial charge in [0.1, 0.15) is 22.1 Å². The molecule has 0 saturated heterocycles. The van der Waals surface area contributed by atoms with E-state index in [-0.39, 0.29) is 35.1 Å². The number of benzene rings is 1. The number of fused-ring (bicyclic) bond motifs is 1. The van der Waals surface area contributed by atoms with Crippen LogP contribution >= 0.6 is 11.8 Å². The predicted molar refractivity (Wildman–Crippen MR) is 125 cm³/mol. The Balaban J connectivity index is 1.65. The first-order valence-corrected chi connectivity index (χ1v) is 12.7. The van der Waals surface area contributed by atoms with E-state index in [0.717, 1.165) is 24.1 Å². The van der Waals surface area contributed by atoms with Crippen molar-refractivity contribution in [2.24, 2.45) is 16.6 Å². The molecule has 1 aromatic carbocycles. The quantitative estimate of drug-likeness (QED) is 0.578. The third-order valence-electron chi connectivity index (χ3n) is 5.91.